The zero-order valence-electron chi connectivity index (χ0n) is 18.0. The summed E-state index contributed by atoms with van der Waals surface area (Å²) in [5, 5.41) is 2.71. The number of hydrogen-bond donors (Lipinski definition) is 2. The minimum Gasteiger partial charge on any atom is -0.485 e. The molecule has 2 aromatic carbocycles. The van der Waals surface area contributed by atoms with E-state index in [4.69, 9.17) is 10.5 Å². The topological polar surface area (TPSA) is 81.7 Å². The number of ether oxygens (including phenoxy) is 1. The van der Waals surface area contributed by atoms with Crippen LogP contribution in [-0.4, -0.2) is 21.8 Å². The van der Waals surface area contributed by atoms with Crippen LogP contribution in [0.5, 0.6) is 5.75 Å². The summed E-state index contributed by atoms with van der Waals surface area (Å²) in [6.07, 6.45) is 1.59. The smallest absolute Gasteiger partial charge is 0.270 e. The average molecular weight is 472 g/mol. The van der Waals surface area contributed by atoms with E-state index in [1.54, 1.807) is 25.3 Å². The van der Waals surface area contributed by atoms with Gasteiger partial charge in [-0.2, -0.15) is 0 Å². The van der Waals surface area contributed by atoms with Gasteiger partial charge in [-0.3, -0.25) is 9.20 Å². The number of pyridine rings is 1. The summed E-state index contributed by atoms with van der Waals surface area (Å²) in [7, 11) is 0. The summed E-state index contributed by atoms with van der Waals surface area (Å²) in [5.74, 6) is -4.32. The number of carbonyl (C=O) groups is 1. The molecule has 6 nitrogen and oxygen atoms in total. The predicted octanol–water partition coefficient (Wildman–Crippen LogP) is 4.21. The largest absolute Gasteiger partial charge is 0.485 e. The number of nitrogens with zero attached hydrogens (tertiary/aromatic N) is 2. The summed E-state index contributed by atoms with van der Waals surface area (Å²) in [5.41, 5.74) is 6.93. The Labute approximate surface area is 192 Å². The molecule has 0 radical (unpaired) electrons. The van der Waals surface area contributed by atoms with Gasteiger partial charge in [0, 0.05) is 18.3 Å². The molecule has 34 heavy (non-hydrogen) atoms. The van der Waals surface area contributed by atoms with Crippen molar-refractivity contribution in [1.29, 1.82) is 0 Å². The number of amides is 1. The molecule has 0 saturated carbocycles. The highest BCUT2D eigenvalue weighted by Gasteiger charge is 2.22. The van der Waals surface area contributed by atoms with Crippen LogP contribution in [0.1, 0.15) is 33.4 Å². The SMILES string of the molecule is Cc1nc2c(OCc3cccc(F)c3F)cccn2c1C(=O)NC(CN)c1ccc(F)c(F)c1. The highest BCUT2D eigenvalue weighted by molar-refractivity contribution is 5.95. The number of halogens is 4. The van der Waals surface area contributed by atoms with Crippen LogP contribution >= 0.6 is 0 Å². The first-order chi connectivity index (χ1) is 16.3. The van der Waals surface area contributed by atoms with E-state index >= 15 is 0 Å². The fourth-order valence-corrected chi connectivity index (χ4v) is 3.59. The first kappa shape index (κ1) is 23.2. The lowest BCUT2D eigenvalue weighted by molar-refractivity contribution is 0.0931. The fourth-order valence-electron chi connectivity index (χ4n) is 3.59. The van der Waals surface area contributed by atoms with Gasteiger partial charge in [0.2, 0.25) is 0 Å². The van der Waals surface area contributed by atoms with Gasteiger partial charge in [0.25, 0.3) is 5.91 Å². The Balaban J connectivity index is 1.60. The molecule has 1 unspecified atom stereocenters. The monoisotopic (exact) mass is 472 g/mol. The van der Waals surface area contributed by atoms with Crippen molar-refractivity contribution in [3.63, 3.8) is 0 Å². The zero-order valence-corrected chi connectivity index (χ0v) is 18.0. The lowest BCUT2D eigenvalue weighted by atomic mass is 10.1. The standard InChI is InChI=1S/C24H20F4N4O2/c1-13-22(24(33)31-19(11-29)14-7-8-16(25)18(27)10-14)32-9-3-6-20(23(32)30-13)34-12-15-4-2-5-17(26)21(15)28/h2-10,19H,11-12,29H2,1H3,(H,31,33). The first-order valence-corrected chi connectivity index (χ1v) is 10.3. The number of aryl methyl sites for hydroxylation is 1. The van der Waals surface area contributed by atoms with Gasteiger partial charge in [-0.05, 0) is 42.8 Å². The first-order valence-electron chi connectivity index (χ1n) is 10.3. The van der Waals surface area contributed by atoms with Crippen molar-refractivity contribution in [3.8, 4) is 5.75 Å². The molecule has 0 aliphatic heterocycles. The molecule has 0 aliphatic rings. The number of nitrogens with two attached hydrogens (primary N) is 1. The van der Waals surface area contributed by atoms with Gasteiger partial charge >= 0.3 is 0 Å². The van der Waals surface area contributed by atoms with E-state index < -0.39 is 35.2 Å². The number of fused-ring (bicyclic) bond motifs is 1. The summed E-state index contributed by atoms with van der Waals surface area (Å²) < 4.78 is 61.5. The van der Waals surface area contributed by atoms with Gasteiger partial charge in [0.15, 0.2) is 34.7 Å². The van der Waals surface area contributed by atoms with E-state index in [1.165, 1.54) is 22.6 Å². The molecule has 0 aliphatic carbocycles. The molecule has 10 heteroatoms. The van der Waals surface area contributed by atoms with Gasteiger partial charge in [-0.15, -0.1) is 0 Å². The maximum absolute atomic E-state index is 14.0. The second-order valence-electron chi connectivity index (χ2n) is 7.55. The number of imidazole rings is 1. The quantitative estimate of drug-likeness (QED) is 0.395. The van der Waals surface area contributed by atoms with Crippen molar-refractivity contribution >= 4 is 11.6 Å². The highest BCUT2D eigenvalue weighted by atomic mass is 19.2. The van der Waals surface area contributed by atoms with E-state index in [2.05, 4.69) is 10.3 Å². The van der Waals surface area contributed by atoms with E-state index in [-0.39, 0.29) is 30.2 Å². The van der Waals surface area contributed by atoms with Crippen LogP contribution in [0.4, 0.5) is 17.6 Å². The molecule has 0 fully saturated rings. The Morgan fingerprint density at radius 2 is 1.88 bits per heavy atom. The van der Waals surface area contributed by atoms with Gasteiger partial charge < -0.3 is 15.8 Å². The van der Waals surface area contributed by atoms with Gasteiger partial charge in [0.05, 0.1) is 11.7 Å². The van der Waals surface area contributed by atoms with Crippen LogP contribution in [0, 0.1) is 30.2 Å². The second-order valence-corrected chi connectivity index (χ2v) is 7.55. The van der Waals surface area contributed by atoms with Gasteiger partial charge in [0.1, 0.15) is 12.3 Å². The van der Waals surface area contributed by atoms with E-state index in [0.29, 0.717) is 16.9 Å². The van der Waals surface area contributed by atoms with Crippen molar-refractivity contribution in [1.82, 2.24) is 14.7 Å². The minimum absolute atomic E-state index is 0.0283. The van der Waals surface area contributed by atoms with Crippen LogP contribution < -0.4 is 15.8 Å². The minimum atomic E-state index is -1.05. The third-order valence-electron chi connectivity index (χ3n) is 5.31. The molecule has 3 N–H and O–H groups in total. The van der Waals surface area contributed by atoms with Crippen LogP contribution in [0.2, 0.25) is 0 Å². The average Bonchev–Trinajstić information content (AvgIpc) is 3.16. The van der Waals surface area contributed by atoms with Crippen molar-refractivity contribution in [2.45, 2.75) is 19.6 Å². The molecule has 0 spiro atoms. The maximum atomic E-state index is 14.0. The predicted molar refractivity (Wildman–Crippen MR) is 116 cm³/mol. The van der Waals surface area contributed by atoms with Crippen LogP contribution in [0.25, 0.3) is 5.65 Å². The van der Waals surface area contributed by atoms with Crippen LogP contribution in [-0.2, 0) is 6.61 Å². The lowest BCUT2D eigenvalue weighted by Crippen LogP contribution is -2.34. The molecule has 2 heterocycles. The van der Waals surface area contributed by atoms with E-state index in [1.807, 2.05) is 0 Å². The molecule has 4 aromatic rings. The van der Waals surface area contributed by atoms with Crippen LogP contribution in [0.15, 0.2) is 54.7 Å². The third kappa shape index (κ3) is 4.44. The third-order valence-corrected chi connectivity index (χ3v) is 5.31. The van der Waals surface area contributed by atoms with Crippen LogP contribution in [0.3, 0.4) is 0 Å². The van der Waals surface area contributed by atoms with Crippen molar-refractivity contribution in [2.24, 2.45) is 5.73 Å². The normalized spacial score (nSPS) is 12.1. The zero-order chi connectivity index (χ0) is 24.4. The van der Waals surface area contributed by atoms with E-state index in [0.717, 1.165) is 18.2 Å². The number of benzene rings is 2. The maximum Gasteiger partial charge on any atom is 0.270 e. The Hall–Kier alpha value is -3.92. The fraction of sp³-hybridized carbons (Fsp3) is 0.167. The molecule has 1 atom stereocenters. The number of rotatable bonds is 7. The number of hydrogen-bond acceptors (Lipinski definition) is 4. The van der Waals surface area contributed by atoms with Gasteiger partial charge in [-0.25, -0.2) is 22.5 Å². The summed E-state index contributed by atoms with van der Waals surface area (Å²) in [6, 6.07) is 9.49. The highest BCUT2D eigenvalue weighted by Crippen LogP contribution is 2.25. The molecule has 176 valence electrons. The Kier molecular flexibility index (Phi) is 6.51. The number of aromatic nitrogens is 2. The summed E-state index contributed by atoms with van der Waals surface area (Å²) in [4.78, 5) is 17.5. The Bertz CT molecular complexity index is 1370. The molecular formula is C24H20F4N4O2. The van der Waals surface area contributed by atoms with E-state index in [9.17, 15) is 22.4 Å². The summed E-state index contributed by atoms with van der Waals surface area (Å²) in [6.45, 7) is 1.31. The van der Waals surface area contributed by atoms with Crippen molar-refractivity contribution in [2.75, 3.05) is 6.54 Å². The van der Waals surface area contributed by atoms with Crippen molar-refractivity contribution < 1.29 is 27.1 Å². The molecule has 0 bridgehead atoms. The number of nitrogens with one attached hydrogen (secondary N) is 1. The Morgan fingerprint density at radius 1 is 1.09 bits per heavy atom. The molecule has 0 saturated heterocycles. The Morgan fingerprint density at radius 3 is 2.62 bits per heavy atom. The lowest BCUT2D eigenvalue weighted by Gasteiger charge is -2.18. The molecule has 4 rings (SSSR count). The van der Waals surface area contributed by atoms with Gasteiger partial charge in [-0.1, -0.05) is 18.2 Å². The number of carbonyl (C=O) groups excluding carboxylic acids is 1. The molecular weight excluding hydrogens is 452 g/mol. The molecule has 2 aromatic heterocycles. The van der Waals surface area contributed by atoms with Crippen molar-refractivity contribution in [3.05, 3.63) is 101 Å². The summed E-state index contributed by atoms with van der Waals surface area (Å²) >= 11 is 0. The molecule has 1 amide bonds. The second kappa shape index (κ2) is 9.52.